The summed E-state index contributed by atoms with van der Waals surface area (Å²) in [6, 6.07) is 2.18. The van der Waals surface area contributed by atoms with Gasteiger partial charge in [0.2, 0.25) is 10.0 Å². The average molecular weight is 345 g/mol. The van der Waals surface area contributed by atoms with Gasteiger partial charge in [-0.25, -0.2) is 13.1 Å². The van der Waals surface area contributed by atoms with Crippen LogP contribution >= 0.6 is 11.6 Å². The monoisotopic (exact) mass is 344 g/mol. The number of benzene rings is 1. The Morgan fingerprint density at radius 3 is 2.48 bits per heavy atom. The standard InChI is InChI=1S/C11H11ClF3NO4S/c12-9-4-3-7(6-8(9)11(13,14)15)21(19,20)16-5-1-2-10(17)18/h3-4,6,16H,1-2,5H2,(H,17,18)/p-1. The van der Waals surface area contributed by atoms with Crippen molar-refractivity contribution in [2.24, 2.45) is 0 Å². The smallest absolute Gasteiger partial charge is 0.417 e. The first-order valence-electron chi connectivity index (χ1n) is 5.60. The molecule has 0 heterocycles. The number of nitrogens with one attached hydrogen (secondary N) is 1. The van der Waals surface area contributed by atoms with Crippen molar-refractivity contribution in [2.75, 3.05) is 6.54 Å². The van der Waals surface area contributed by atoms with E-state index in [2.05, 4.69) is 0 Å². The lowest BCUT2D eigenvalue weighted by atomic mass is 10.2. The highest BCUT2D eigenvalue weighted by molar-refractivity contribution is 7.89. The maximum absolute atomic E-state index is 12.6. The summed E-state index contributed by atoms with van der Waals surface area (Å²) in [7, 11) is -4.18. The second-order valence-corrected chi connectivity index (χ2v) is 6.19. The molecule has 0 radical (unpaired) electrons. The molecule has 0 aromatic heterocycles. The van der Waals surface area contributed by atoms with Crippen LogP contribution in [-0.2, 0) is 21.0 Å². The zero-order valence-corrected chi connectivity index (χ0v) is 12.0. The molecular weight excluding hydrogens is 335 g/mol. The molecule has 118 valence electrons. The van der Waals surface area contributed by atoms with E-state index in [1.807, 2.05) is 4.72 Å². The Labute approximate surface area is 123 Å². The van der Waals surface area contributed by atoms with E-state index in [0.29, 0.717) is 6.07 Å². The molecule has 0 aliphatic carbocycles. The number of halogens is 4. The third kappa shape index (κ3) is 5.18. The molecule has 0 fully saturated rings. The summed E-state index contributed by atoms with van der Waals surface area (Å²) in [5.74, 6) is -1.35. The average Bonchev–Trinajstić information content (AvgIpc) is 2.33. The molecule has 5 nitrogen and oxygen atoms in total. The number of hydrogen-bond acceptors (Lipinski definition) is 4. The number of aliphatic carboxylic acids is 1. The molecule has 0 saturated heterocycles. The Hall–Kier alpha value is -1.32. The second-order valence-electron chi connectivity index (χ2n) is 4.01. The van der Waals surface area contributed by atoms with Crippen molar-refractivity contribution in [3.63, 3.8) is 0 Å². The van der Waals surface area contributed by atoms with E-state index in [9.17, 15) is 31.5 Å². The van der Waals surface area contributed by atoms with Crippen molar-refractivity contribution in [3.8, 4) is 0 Å². The molecule has 0 amide bonds. The molecule has 10 heteroatoms. The number of rotatable bonds is 6. The highest BCUT2D eigenvalue weighted by Gasteiger charge is 2.34. The van der Waals surface area contributed by atoms with Crippen LogP contribution in [0.2, 0.25) is 5.02 Å². The fraction of sp³-hybridized carbons (Fsp3) is 0.364. The van der Waals surface area contributed by atoms with Crippen molar-refractivity contribution >= 4 is 27.6 Å². The molecule has 21 heavy (non-hydrogen) atoms. The molecule has 0 aliphatic rings. The van der Waals surface area contributed by atoms with Gasteiger partial charge in [0.25, 0.3) is 0 Å². The van der Waals surface area contributed by atoms with Gasteiger partial charge in [-0.3, -0.25) is 0 Å². The normalized spacial score (nSPS) is 12.4. The Morgan fingerprint density at radius 2 is 1.95 bits per heavy atom. The van der Waals surface area contributed by atoms with Gasteiger partial charge < -0.3 is 9.90 Å². The van der Waals surface area contributed by atoms with Gasteiger partial charge >= 0.3 is 6.18 Å². The largest absolute Gasteiger partial charge is 0.550 e. The maximum atomic E-state index is 12.6. The van der Waals surface area contributed by atoms with E-state index >= 15 is 0 Å². The predicted molar refractivity (Wildman–Crippen MR) is 65.9 cm³/mol. The first-order chi connectivity index (χ1) is 9.54. The van der Waals surface area contributed by atoms with E-state index in [0.717, 1.165) is 12.1 Å². The van der Waals surface area contributed by atoms with Gasteiger partial charge in [-0.05, 0) is 31.0 Å². The fourth-order valence-corrected chi connectivity index (χ4v) is 2.74. The van der Waals surface area contributed by atoms with E-state index < -0.39 is 37.7 Å². The molecule has 0 bridgehead atoms. The van der Waals surface area contributed by atoms with Crippen molar-refractivity contribution in [2.45, 2.75) is 23.9 Å². The summed E-state index contributed by atoms with van der Waals surface area (Å²) in [5.41, 5.74) is -1.26. The lowest BCUT2D eigenvalue weighted by Crippen LogP contribution is -2.28. The summed E-state index contributed by atoms with van der Waals surface area (Å²) in [6.45, 7) is -0.236. The second kappa shape index (κ2) is 6.63. The first-order valence-corrected chi connectivity index (χ1v) is 7.46. The van der Waals surface area contributed by atoms with E-state index in [4.69, 9.17) is 11.6 Å². The number of sulfonamides is 1. The third-order valence-electron chi connectivity index (χ3n) is 2.40. The molecular formula is C11H10ClF3NO4S-. The lowest BCUT2D eigenvalue weighted by molar-refractivity contribution is -0.305. The van der Waals surface area contributed by atoms with Crippen LogP contribution < -0.4 is 9.83 Å². The molecule has 0 unspecified atom stereocenters. The predicted octanol–water partition coefficient (Wildman–Crippen LogP) is 1.17. The topological polar surface area (TPSA) is 86.3 Å². The Morgan fingerprint density at radius 1 is 1.33 bits per heavy atom. The third-order valence-corrected chi connectivity index (χ3v) is 4.19. The van der Waals surface area contributed by atoms with Crippen molar-refractivity contribution in [3.05, 3.63) is 28.8 Å². The van der Waals surface area contributed by atoms with Gasteiger partial charge in [0, 0.05) is 12.5 Å². The van der Waals surface area contributed by atoms with E-state index in [1.165, 1.54) is 0 Å². The summed E-state index contributed by atoms with van der Waals surface area (Å²) in [6.07, 6.45) is -5.18. The SMILES string of the molecule is O=C([O-])CCCNS(=O)(=O)c1ccc(Cl)c(C(F)(F)F)c1. The van der Waals surface area contributed by atoms with Gasteiger partial charge in [-0.1, -0.05) is 11.6 Å². The Kier molecular flexibility index (Phi) is 5.60. The van der Waals surface area contributed by atoms with Crippen LogP contribution in [0, 0.1) is 0 Å². The molecule has 1 aromatic carbocycles. The zero-order chi connectivity index (χ0) is 16.3. The summed E-state index contributed by atoms with van der Waals surface area (Å²) in [4.78, 5) is 9.55. The van der Waals surface area contributed by atoms with Crippen molar-refractivity contribution < 1.29 is 31.5 Å². The quantitative estimate of drug-likeness (QED) is 0.785. The molecule has 1 N–H and O–H groups in total. The van der Waals surface area contributed by atoms with Crippen LogP contribution in [-0.4, -0.2) is 20.9 Å². The Bertz CT molecular complexity index is 631. The van der Waals surface area contributed by atoms with Crippen molar-refractivity contribution in [1.82, 2.24) is 4.72 Å². The maximum Gasteiger partial charge on any atom is 0.417 e. The number of carbonyl (C=O) groups excluding carboxylic acids is 1. The molecule has 1 aromatic rings. The van der Waals surface area contributed by atoms with Crippen LogP contribution in [0.1, 0.15) is 18.4 Å². The minimum absolute atomic E-state index is 0.0404. The van der Waals surface area contributed by atoms with Gasteiger partial charge in [-0.15, -0.1) is 0 Å². The molecule has 0 atom stereocenters. The van der Waals surface area contributed by atoms with Crippen LogP contribution in [0.4, 0.5) is 13.2 Å². The highest BCUT2D eigenvalue weighted by atomic mass is 35.5. The lowest BCUT2D eigenvalue weighted by Gasteiger charge is -2.12. The molecule has 1 rings (SSSR count). The van der Waals surface area contributed by atoms with Crippen LogP contribution in [0.15, 0.2) is 23.1 Å². The van der Waals surface area contributed by atoms with Gasteiger partial charge in [0.1, 0.15) is 0 Å². The Balaban J connectivity index is 2.91. The minimum Gasteiger partial charge on any atom is -0.550 e. The highest BCUT2D eigenvalue weighted by Crippen LogP contribution is 2.35. The minimum atomic E-state index is -4.78. The van der Waals surface area contributed by atoms with Crippen LogP contribution in [0.3, 0.4) is 0 Å². The molecule has 0 aliphatic heterocycles. The van der Waals surface area contributed by atoms with Gasteiger partial charge in [-0.2, -0.15) is 13.2 Å². The number of carboxylic acid groups (broad SMARTS) is 1. The first kappa shape index (κ1) is 17.7. The van der Waals surface area contributed by atoms with E-state index in [-0.39, 0.29) is 19.4 Å². The summed E-state index contributed by atoms with van der Waals surface area (Å²) < 4.78 is 63.5. The summed E-state index contributed by atoms with van der Waals surface area (Å²) in [5, 5.41) is 9.55. The van der Waals surface area contributed by atoms with Crippen LogP contribution in [0.25, 0.3) is 0 Å². The van der Waals surface area contributed by atoms with E-state index in [1.54, 1.807) is 0 Å². The number of hydrogen-bond donors (Lipinski definition) is 1. The summed E-state index contributed by atoms with van der Waals surface area (Å²) >= 11 is 5.39. The number of carboxylic acids is 1. The number of alkyl halides is 3. The zero-order valence-electron chi connectivity index (χ0n) is 10.4. The van der Waals surface area contributed by atoms with Crippen molar-refractivity contribution in [1.29, 1.82) is 0 Å². The van der Waals surface area contributed by atoms with Crippen LogP contribution in [0.5, 0.6) is 0 Å². The molecule has 0 saturated carbocycles. The fourth-order valence-electron chi connectivity index (χ4n) is 1.41. The number of carbonyl (C=O) groups is 1. The van der Waals surface area contributed by atoms with Gasteiger partial charge in [0.05, 0.1) is 15.5 Å². The molecule has 0 spiro atoms. The van der Waals surface area contributed by atoms with Gasteiger partial charge in [0.15, 0.2) is 0 Å².